The van der Waals surface area contributed by atoms with Gasteiger partial charge in [0.25, 0.3) is 5.91 Å². The van der Waals surface area contributed by atoms with Gasteiger partial charge in [-0.25, -0.2) is 4.39 Å². The van der Waals surface area contributed by atoms with E-state index in [1.54, 1.807) is 12.1 Å². The lowest BCUT2D eigenvalue weighted by Crippen LogP contribution is -2.55. The molecule has 0 spiro atoms. The number of phenols is 1. The quantitative estimate of drug-likeness (QED) is 0.175. The van der Waals surface area contributed by atoms with Crippen LogP contribution >= 0.6 is 0 Å². The number of benzene rings is 2. The fourth-order valence-electron chi connectivity index (χ4n) is 4.12. The number of fused-ring (bicyclic) bond motifs is 1. The molecule has 2 unspecified atom stereocenters. The number of thiol groups is 1. The first-order chi connectivity index (χ1) is 16.3. The number of amides is 1. The molecule has 2 aromatic carbocycles. The van der Waals surface area contributed by atoms with E-state index in [1.165, 1.54) is 12.1 Å². The van der Waals surface area contributed by atoms with Gasteiger partial charge < -0.3 is 25.5 Å². The summed E-state index contributed by atoms with van der Waals surface area (Å²) in [6.45, 7) is 5.33. The Hall–Kier alpha value is -3.04. The molecule has 2 atom stereocenters. The third kappa shape index (κ3) is 5.53. The van der Waals surface area contributed by atoms with Gasteiger partial charge in [-0.2, -0.15) is 0 Å². The van der Waals surface area contributed by atoms with Crippen molar-refractivity contribution in [3.05, 3.63) is 71.1 Å². The highest BCUT2D eigenvalue weighted by Crippen LogP contribution is 2.29. The third-order valence-corrected chi connectivity index (χ3v) is 6.75. The molecule has 1 aliphatic carbocycles. The Morgan fingerprint density at radius 2 is 1.91 bits per heavy atom. The number of anilines is 1. The molecule has 1 saturated heterocycles. The lowest BCUT2D eigenvalue weighted by Gasteiger charge is -2.40. The average molecular weight is 486 g/mol. The number of nitrogens with one attached hydrogen (secondary N) is 2. The zero-order valence-electron chi connectivity index (χ0n) is 19.2. The van der Waals surface area contributed by atoms with Crippen molar-refractivity contribution in [2.45, 2.75) is 44.2 Å². The summed E-state index contributed by atoms with van der Waals surface area (Å²) in [6, 6.07) is 13.8. The van der Waals surface area contributed by atoms with Gasteiger partial charge in [0.1, 0.15) is 42.3 Å². The lowest BCUT2D eigenvalue weighted by atomic mass is 9.88. The summed E-state index contributed by atoms with van der Waals surface area (Å²) in [5.74, 6) is -0.670. The summed E-state index contributed by atoms with van der Waals surface area (Å²) in [4.78, 5) is 15.2. The average Bonchev–Trinajstić information content (AvgIpc) is 2.77. The fraction of sp³-hybridized carbons (Fsp3) is 0.360. The first-order valence-corrected chi connectivity index (χ1v) is 12.2. The molecule has 34 heavy (non-hydrogen) atoms. The van der Waals surface area contributed by atoms with Crippen molar-refractivity contribution in [2.24, 2.45) is 0 Å². The smallest absolute Gasteiger partial charge is 0.293 e. The number of aromatic hydroxyl groups is 1. The van der Waals surface area contributed by atoms with Crippen molar-refractivity contribution in [2.75, 3.05) is 18.7 Å². The summed E-state index contributed by atoms with van der Waals surface area (Å²) in [7, 11) is 0. The number of halogens is 1. The molecule has 180 valence electrons. The molecule has 3 N–H and O–H groups in total. The second-order valence-electron chi connectivity index (χ2n) is 8.75. The predicted molar refractivity (Wildman–Crippen MR) is 133 cm³/mol. The number of phenolic OH excluding ortho intramolecular Hbond substituents is 1. The summed E-state index contributed by atoms with van der Waals surface area (Å²) >= 11 is 1.16. The number of allylic oxidation sites excluding steroid dienone is 1. The summed E-state index contributed by atoms with van der Waals surface area (Å²) in [5, 5.41) is 21.0. The molecule has 1 fully saturated rings. The van der Waals surface area contributed by atoms with Gasteiger partial charge in [0.2, 0.25) is 5.76 Å². The highest BCUT2D eigenvalue weighted by Gasteiger charge is 2.37. The maximum atomic E-state index is 15.1. The van der Waals surface area contributed by atoms with E-state index in [0.29, 0.717) is 36.4 Å². The van der Waals surface area contributed by atoms with Crippen LogP contribution in [0.15, 0.2) is 60.0 Å². The first-order valence-electron chi connectivity index (χ1n) is 11.3. The van der Waals surface area contributed by atoms with Crippen molar-refractivity contribution in [3.63, 3.8) is 0 Å². The molecule has 1 heterocycles. The second kappa shape index (κ2) is 10.5. The van der Waals surface area contributed by atoms with Gasteiger partial charge in [-0.05, 0) is 37.1 Å². The van der Waals surface area contributed by atoms with E-state index in [-0.39, 0.29) is 17.9 Å². The number of hydrogen-bond acceptors (Lipinski definition) is 6. The van der Waals surface area contributed by atoms with Crippen LogP contribution in [0.25, 0.3) is 0 Å². The number of alkyl halides is 1. The van der Waals surface area contributed by atoms with Crippen LogP contribution in [-0.4, -0.2) is 57.3 Å². The highest BCUT2D eigenvalue weighted by atomic mass is 32.2. The minimum absolute atomic E-state index is 0.00955. The van der Waals surface area contributed by atoms with Crippen LogP contribution in [0.2, 0.25) is 0 Å². The number of rotatable bonds is 8. The molecule has 0 bridgehead atoms. The van der Waals surface area contributed by atoms with Gasteiger partial charge >= 0.3 is 0 Å². The van der Waals surface area contributed by atoms with Gasteiger partial charge in [-0.1, -0.05) is 34.6 Å². The maximum absolute atomic E-state index is 15.1. The van der Waals surface area contributed by atoms with Gasteiger partial charge in [-0.3, -0.25) is 4.79 Å². The van der Waals surface area contributed by atoms with Gasteiger partial charge in [-0.15, -0.1) is 0 Å². The first kappa shape index (κ1) is 24.1. The molecular formula is C25H30FN4O3S+. The van der Waals surface area contributed by atoms with Crippen LogP contribution in [0.3, 0.4) is 0 Å². The van der Waals surface area contributed by atoms with Crippen LogP contribution in [0.4, 0.5) is 10.1 Å². The van der Waals surface area contributed by atoms with Crippen LogP contribution in [0, 0.1) is 5.41 Å². The number of ether oxygens (including phenoxy) is 1. The monoisotopic (exact) mass is 485 g/mol. The van der Waals surface area contributed by atoms with E-state index in [9.17, 15) is 9.90 Å². The Morgan fingerprint density at radius 1 is 1.21 bits per heavy atom. The zero-order valence-corrected chi connectivity index (χ0v) is 20.1. The maximum Gasteiger partial charge on any atom is 0.293 e. The fourth-order valence-corrected chi connectivity index (χ4v) is 5.22. The van der Waals surface area contributed by atoms with Crippen LogP contribution in [-0.2, 0) is 34.3 Å². The van der Waals surface area contributed by atoms with E-state index in [2.05, 4.69) is 23.5 Å². The molecule has 7 nitrogen and oxygen atoms in total. The minimum atomic E-state index is -1.28. The van der Waals surface area contributed by atoms with E-state index in [1.807, 2.05) is 29.2 Å². The van der Waals surface area contributed by atoms with E-state index >= 15 is 4.39 Å². The molecule has 2 aliphatic rings. The van der Waals surface area contributed by atoms with Crippen molar-refractivity contribution in [1.82, 2.24) is 9.21 Å². The molecule has 0 saturated carbocycles. The molecule has 1 amide bonds. The van der Waals surface area contributed by atoms with Crippen molar-refractivity contribution in [1.29, 1.82) is 5.41 Å². The normalized spacial score (nSPS) is 20.8. The van der Waals surface area contributed by atoms with Crippen molar-refractivity contribution >= 4 is 29.8 Å². The Kier molecular flexibility index (Phi) is 7.43. The Morgan fingerprint density at radius 3 is 2.56 bits per heavy atom. The molecule has 4 rings (SSSR count). The zero-order chi connectivity index (χ0) is 24.2. The van der Waals surface area contributed by atoms with Gasteiger partial charge in [0.05, 0.1) is 11.9 Å². The molecule has 0 radical (unpaired) electrons. The summed E-state index contributed by atoms with van der Waals surface area (Å²) in [6.07, 6.45) is -0.486. The molecule has 0 aromatic heterocycles. The lowest BCUT2D eigenvalue weighted by molar-refractivity contribution is -0.118. The molecule has 1 aliphatic heterocycles. The largest absolute Gasteiger partial charge is 0.508 e. The molecule has 2 aromatic rings. The molecular weight excluding hydrogens is 455 g/mol. The number of carbonyl (C=O) groups excluding carboxylic acids is 1. The van der Waals surface area contributed by atoms with Gasteiger partial charge in [0.15, 0.2) is 0 Å². The molecule has 9 heteroatoms. The number of nitrogens with zero attached hydrogens (tertiary/aromatic N) is 2. The third-order valence-electron chi connectivity index (χ3n) is 5.71. The summed E-state index contributed by atoms with van der Waals surface area (Å²) in [5.41, 5.74) is 2.63. The van der Waals surface area contributed by atoms with E-state index in [0.717, 1.165) is 29.3 Å². The Bertz CT molecular complexity index is 1090. The van der Waals surface area contributed by atoms with Gasteiger partial charge in [0, 0.05) is 30.8 Å². The van der Waals surface area contributed by atoms with Crippen molar-refractivity contribution in [3.8, 4) is 5.75 Å². The van der Waals surface area contributed by atoms with Crippen LogP contribution in [0.1, 0.15) is 25.0 Å². The minimum Gasteiger partial charge on any atom is -0.508 e. The standard InChI is InChI=1S/C25H29FN4O3S/c1-16(2)34-30-14-29(15-30)22(13-27)24(25(32)28-19-8-5-9-20(31)12-19)33-23-11-18-7-4-3-6-17(18)10-21(23)26/h3-9,12-13,16,21,23,27,31H,10-11,14-15H2,1-2H3,(H,28,32)/p+1/b24-22-,27-13?. The topological polar surface area (TPSA) is 88.9 Å². The van der Waals surface area contributed by atoms with Crippen LogP contribution < -0.4 is 5.32 Å². The van der Waals surface area contributed by atoms with Crippen molar-refractivity contribution < 1.29 is 19.0 Å². The number of hydrogen-bond donors (Lipinski definition) is 3. The second-order valence-corrected chi connectivity index (χ2v) is 10.6. The SMILES string of the molecule is CC(C)[SH+]N1CN(/C(C=N)=C(\OC2Cc3ccccc3CC2F)C(=O)Nc2cccc(O)c2)C1. The predicted octanol–water partition coefficient (Wildman–Crippen LogP) is 3.38. The Labute approximate surface area is 203 Å². The Balaban J connectivity index is 1.60. The van der Waals surface area contributed by atoms with E-state index < -0.39 is 18.2 Å². The number of carbonyl (C=O) groups is 1. The van der Waals surface area contributed by atoms with Crippen LogP contribution in [0.5, 0.6) is 5.75 Å². The highest BCUT2D eigenvalue weighted by molar-refractivity contribution is 7.76. The van der Waals surface area contributed by atoms with E-state index in [4.69, 9.17) is 10.1 Å². The summed E-state index contributed by atoms with van der Waals surface area (Å²) < 4.78 is 23.3.